The lowest BCUT2D eigenvalue weighted by Gasteiger charge is -2.12. The van der Waals surface area contributed by atoms with Crippen molar-refractivity contribution in [3.8, 4) is 0 Å². The predicted molar refractivity (Wildman–Crippen MR) is 61.2 cm³/mol. The van der Waals surface area contributed by atoms with E-state index in [0.717, 1.165) is 0 Å². The molecule has 0 saturated heterocycles. The molecule has 17 heavy (non-hydrogen) atoms. The Balaban J connectivity index is 2.21. The lowest BCUT2D eigenvalue weighted by Crippen LogP contribution is -2.43. The Morgan fingerprint density at radius 1 is 1.41 bits per heavy atom. The Kier molecular flexibility index (Phi) is 2.91. The molecule has 1 aliphatic rings. The van der Waals surface area contributed by atoms with Gasteiger partial charge in [-0.2, -0.15) is 0 Å². The number of rotatable bonds is 3. The minimum Gasteiger partial charge on any atom is -0.480 e. The third-order valence-corrected chi connectivity index (χ3v) is 3.32. The van der Waals surface area contributed by atoms with E-state index < -0.39 is 23.2 Å². The van der Waals surface area contributed by atoms with E-state index in [1.807, 2.05) is 0 Å². The number of benzene rings is 1. The van der Waals surface area contributed by atoms with Gasteiger partial charge in [0.05, 0.1) is 10.0 Å². The molecule has 0 spiro atoms. The lowest BCUT2D eigenvalue weighted by atomic mass is 10.1. The van der Waals surface area contributed by atoms with Gasteiger partial charge < -0.3 is 10.4 Å². The number of hydrogen-bond donors (Lipinski definition) is 2. The van der Waals surface area contributed by atoms with E-state index in [9.17, 15) is 14.0 Å². The van der Waals surface area contributed by atoms with Crippen molar-refractivity contribution in [1.82, 2.24) is 5.32 Å². The molecule has 0 aromatic heterocycles. The standard InChI is InChI=1S/C11H9BrFNO3/c12-7-3-1-2-6(8(7)13)9(15)14-11(4-5-11)10(16)17/h1-3H,4-5H2,(H,14,15)(H,16,17). The maximum absolute atomic E-state index is 13.6. The van der Waals surface area contributed by atoms with E-state index in [1.54, 1.807) is 0 Å². The van der Waals surface area contributed by atoms with Crippen LogP contribution in [-0.2, 0) is 4.79 Å². The average molecular weight is 302 g/mol. The Hall–Kier alpha value is -1.43. The molecule has 0 heterocycles. The van der Waals surface area contributed by atoms with Gasteiger partial charge in [0.15, 0.2) is 0 Å². The maximum atomic E-state index is 13.6. The summed E-state index contributed by atoms with van der Waals surface area (Å²) in [5.74, 6) is -2.48. The first kappa shape index (κ1) is 12.0. The van der Waals surface area contributed by atoms with Gasteiger partial charge in [-0.15, -0.1) is 0 Å². The fraction of sp³-hybridized carbons (Fsp3) is 0.273. The van der Waals surface area contributed by atoms with Gasteiger partial charge in [-0.3, -0.25) is 4.79 Å². The third kappa shape index (κ3) is 2.17. The molecule has 4 nitrogen and oxygen atoms in total. The predicted octanol–water partition coefficient (Wildman–Crippen LogP) is 1.94. The number of carbonyl (C=O) groups is 2. The van der Waals surface area contributed by atoms with Crippen molar-refractivity contribution in [2.45, 2.75) is 18.4 Å². The Morgan fingerprint density at radius 3 is 2.59 bits per heavy atom. The summed E-state index contributed by atoms with van der Waals surface area (Å²) in [6.45, 7) is 0. The maximum Gasteiger partial charge on any atom is 0.329 e. The highest BCUT2D eigenvalue weighted by Crippen LogP contribution is 2.36. The molecule has 6 heteroatoms. The highest BCUT2D eigenvalue weighted by Gasteiger charge is 2.51. The second kappa shape index (κ2) is 4.10. The van der Waals surface area contributed by atoms with E-state index in [1.165, 1.54) is 18.2 Å². The first-order chi connectivity index (χ1) is 7.96. The molecule has 0 aliphatic heterocycles. The summed E-state index contributed by atoms with van der Waals surface area (Å²) >= 11 is 2.97. The van der Waals surface area contributed by atoms with E-state index >= 15 is 0 Å². The van der Waals surface area contributed by atoms with Gasteiger partial charge in [-0.1, -0.05) is 6.07 Å². The smallest absolute Gasteiger partial charge is 0.329 e. The van der Waals surface area contributed by atoms with Crippen molar-refractivity contribution in [1.29, 1.82) is 0 Å². The summed E-state index contributed by atoms with van der Waals surface area (Å²) in [6.07, 6.45) is 0.757. The van der Waals surface area contributed by atoms with Crippen molar-refractivity contribution in [2.75, 3.05) is 0 Å². The molecule has 0 atom stereocenters. The zero-order chi connectivity index (χ0) is 12.6. The quantitative estimate of drug-likeness (QED) is 0.896. The summed E-state index contributed by atoms with van der Waals surface area (Å²) in [5.41, 5.74) is -1.36. The molecular weight excluding hydrogens is 293 g/mol. The molecule has 1 amide bonds. The third-order valence-electron chi connectivity index (χ3n) is 2.71. The van der Waals surface area contributed by atoms with Gasteiger partial charge in [-0.25, -0.2) is 9.18 Å². The van der Waals surface area contributed by atoms with Crippen LogP contribution >= 0.6 is 15.9 Å². The van der Waals surface area contributed by atoms with Crippen molar-refractivity contribution in [3.63, 3.8) is 0 Å². The monoisotopic (exact) mass is 301 g/mol. The van der Waals surface area contributed by atoms with Gasteiger partial charge in [-0.05, 0) is 40.9 Å². The summed E-state index contributed by atoms with van der Waals surface area (Å²) in [4.78, 5) is 22.6. The van der Waals surface area contributed by atoms with Crippen molar-refractivity contribution >= 4 is 27.8 Å². The van der Waals surface area contributed by atoms with Crippen LogP contribution in [-0.4, -0.2) is 22.5 Å². The molecule has 1 aromatic carbocycles. The normalized spacial score (nSPS) is 16.4. The SMILES string of the molecule is O=C(NC1(C(=O)O)CC1)c1cccc(Br)c1F. The Bertz CT molecular complexity index is 499. The first-order valence-electron chi connectivity index (χ1n) is 4.96. The highest BCUT2D eigenvalue weighted by molar-refractivity contribution is 9.10. The minimum atomic E-state index is -1.20. The van der Waals surface area contributed by atoms with Gasteiger partial charge in [0, 0.05) is 0 Å². The number of carboxylic acids is 1. The van der Waals surface area contributed by atoms with Crippen molar-refractivity contribution in [3.05, 3.63) is 34.1 Å². The number of amides is 1. The van der Waals surface area contributed by atoms with Crippen LogP contribution in [0.4, 0.5) is 4.39 Å². The zero-order valence-electron chi connectivity index (χ0n) is 8.67. The summed E-state index contributed by atoms with van der Waals surface area (Å²) in [6, 6.07) is 4.30. The molecule has 1 aromatic rings. The number of carbonyl (C=O) groups excluding carboxylic acids is 1. The van der Waals surface area contributed by atoms with Crippen LogP contribution in [0.25, 0.3) is 0 Å². The van der Waals surface area contributed by atoms with Gasteiger partial charge in [0.25, 0.3) is 5.91 Å². The highest BCUT2D eigenvalue weighted by atomic mass is 79.9. The molecule has 90 valence electrons. The molecule has 0 unspecified atom stereocenters. The Morgan fingerprint density at radius 2 is 2.06 bits per heavy atom. The number of aliphatic carboxylic acids is 1. The van der Waals surface area contributed by atoms with Crippen LogP contribution in [0.1, 0.15) is 23.2 Å². The van der Waals surface area contributed by atoms with Gasteiger partial charge in [0.1, 0.15) is 11.4 Å². The van der Waals surface area contributed by atoms with Gasteiger partial charge in [0.2, 0.25) is 0 Å². The molecule has 1 saturated carbocycles. The van der Waals surface area contributed by atoms with Crippen molar-refractivity contribution in [2.24, 2.45) is 0 Å². The van der Waals surface area contributed by atoms with E-state index in [4.69, 9.17) is 5.11 Å². The van der Waals surface area contributed by atoms with E-state index in [2.05, 4.69) is 21.2 Å². The number of carboxylic acid groups (broad SMARTS) is 1. The largest absolute Gasteiger partial charge is 0.480 e. The summed E-state index contributed by atoms with van der Waals surface area (Å²) in [7, 11) is 0. The molecule has 2 rings (SSSR count). The van der Waals surface area contributed by atoms with Crippen LogP contribution in [0.5, 0.6) is 0 Å². The molecule has 1 fully saturated rings. The first-order valence-corrected chi connectivity index (χ1v) is 5.75. The molecule has 0 bridgehead atoms. The zero-order valence-corrected chi connectivity index (χ0v) is 10.3. The second-order valence-electron chi connectivity index (χ2n) is 3.94. The molecule has 1 aliphatic carbocycles. The second-order valence-corrected chi connectivity index (χ2v) is 4.80. The molecule has 0 radical (unpaired) electrons. The summed E-state index contributed by atoms with van der Waals surface area (Å²) in [5, 5.41) is 11.3. The van der Waals surface area contributed by atoms with Crippen LogP contribution < -0.4 is 5.32 Å². The van der Waals surface area contributed by atoms with Gasteiger partial charge >= 0.3 is 5.97 Å². The van der Waals surface area contributed by atoms with Crippen LogP contribution in [0, 0.1) is 5.82 Å². The van der Waals surface area contributed by atoms with Crippen LogP contribution in [0.3, 0.4) is 0 Å². The number of hydrogen-bond acceptors (Lipinski definition) is 2. The van der Waals surface area contributed by atoms with Crippen molar-refractivity contribution < 1.29 is 19.1 Å². The van der Waals surface area contributed by atoms with Crippen LogP contribution in [0.2, 0.25) is 0 Å². The number of nitrogens with one attached hydrogen (secondary N) is 1. The van der Waals surface area contributed by atoms with Crippen LogP contribution in [0.15, 0.2) is 22.7 Å². The van der Waals surface area contributed by atoms with E-state index in [-0.39, 0.29) is 10.0 Å². The fourth-order valence-corrected chi connectivity index (χ4v) is 1.85. The number of halogens is 2. The summed E-state index contributed by atoms with van der Waals surface area (Å²) < 4.78 is 13.8. The van der Waals surface area contributed by atoms with E-state index in [0.29, 0.717) is 12.8 Å². The molecular formula is C11H9BrFNO3. The fourth-order valence-electron chi connectivity index (χ4n) is 1.48. The lowest BCUT2D eigenvalue weighted by molar-refractivity contribution is -0.140. The average Bonchev–Trinajstić information content (AvgIpc) is 3.03. The minimum absolute atomic E-state index is 0.160. The topological polar surface area (TPSA) is 66.4 Å². The molecule has 2 N–H and O–H groups in total. The Labute approximate surface area is 105 Å².